The minimum Gasteiger partial charge on any atom is -0.756 e. The maximum absolute atomic E-state index is 13.6. The van der Waals surface area contributed by atoms with E-state index in [4.69, 9.17) is 13.8 Å². The summed E-state index contributed by atoms with van der Waals surface area (Å²) in [5, 5.41) is 3.06. The Morgan fingerprint density at radius 2 is 0.652 bits per heavy atom. The van der Waals surface area contributed by atoms with E-state index in [1.165, 1.54) is 327 Å². The highest BCUT2D eigenvalue weighted by atomic mass is 31.2. The van der Waals surface area contributed by atoms with Crippen LogP contribution in [0.1, 0.15) is 419 Å². The SMILES string of the molecule is CCCCCCCC/C=C/CCCCCCCCCCCCCCCCCC(=O)NC(COP(=O)([O-])OCC[N+](C)(C)C)C(/C=C/CCCCCCCCCCCCC)OC(=O)CCCCCCCCCCCCCCCCCCCCCCCCCCC. The Morgan fingerprint density at radius 1 is 0.382 bits per heavy atom. The number of likely N-dealkylation sites (N-methyl/N-ethyl adjacent to an activating group) is 1. The predicted octanol–water partition coefficient (Wildman–Crippen LogP) is 24.9. The lowest BCUT2D eigenvalue weighted by atomic mass is 10.0. The molecule has 0 saturated carbocycles. The summed E-state index contributed by atoms with van der Waals surface area (Å²) in [5.41, 5.74) is 0. The molecule has 0 bridgehead atoms. The fraction of sp³-hybridized carbons (Fsp3) is 0.924. The standard InChI is InChI=1S/C79H155N2O7P/c1-7-10-13-16-19-22-25-28-30-32-34-36-38-40-42-44-46-48-50-53-56-59-62-65-68-71-78(82)80-76(75-87-89(84,85)86-74-73-81(4,5)6)77(70-67-64-61-58-55-52-27-24-21-18-15-12-9-3)88-79(83)72-69-66-63-60-57-54-51-49-47-45-43-41-39-37-35-33-31-29-26-23-20-17-14-11-8-2/h28,30,67,70,76-77H,7-27,29,31-66,68-69,71-75H2,1-6H3,(H-,80,82,84,85)/b30-28+,70-67+. The number of esters is 1. The Bertz CT molecular complexity index is 1570. The van der Waals surface area contributed by atoms with Crippen LogP contribution in [0.5, 0.6) is 0 Å². The molecule has 0 aliphatic carbocycles. The van der Waals surface area contributed by atoms with Crippen molar-refractivity contribution < 1.29 is 37.3 Å². The number of carbonyl (C=O) groups is 2. The van der Waals surface area contributed by atoms with Gasteiger partial charge in [-0.05, 0) is 57.4 Å². The van der Waals surface area contributed by atoms with Gasteiger partial charge in [0.2, 0.25) is 5.91 Å². The van der Waals surface area contributed by atoms with Crippen LogP contribution in [0.4, 0.5) is 0 Å². The number of phosphoric acid groups is 1. The van der Waals surface area contributed by atoms with Crippen LogP contribution in [-0.2, 0) is 27.9 Å². The normalized spacial score (nSPS) is 13.5. The molecule has 10 heteroatoms. The summed E-state index contributed by atoms with van der Waals surface area (Å²) in [5.74, 6) is -0.512. The third-order valence-electron chi connectivity index (χ3n) is 18.4. The first kappa shape index (κ1) is 87.5. The fourth-order valence-corrected chi connectivity index (χ4v) is 13.0. The number of phosphoric ester groups is 1. The van der Waals surface area contributed by atoms with Gasteiger partial charge in [0.25, 0.3) is 7.82 Å². The Hall–Kier alpha value is -1.51. The van der Waals surface area contributed by atoms with E-state index in [0.29, 0.717) is 17.4 Å². The lowest BCUT2D eigenvalue weighted by molar-refractivity contribution is -0.870. The minimum atomic E-state index is -4.70. The first-order chi connectivity index (χ1) is 43.4. The second-order valence-electron chi connectivity index (χ2n) is 28.6. The van der Waals surface area contributed by atoms with Gasteiger partial charge in [0.05, 0.1) is 33.8 Å². The highest BCUT2D eigenvalue weighted by Gasteiger charge is 2.27. The summed E-state index contributed by atoms with van der Waals surface area (Å²) in [6.07, 6.45) is 86.1. The number of allylic oxidation sites excluding steroid dienone is 3. The quantitative estimate of drug-likeness (QED) is 0.0212. The average molecular weight is 1280 g/mol. The first-order valence-corrected chi connectivity index (χ1v) is 41.1. The lowest BCUT2D eigenvalue weighted by Crippen LogP contribution is -2.47. The average Bonchev–Trinajstić information content (AvgIpc) is 3.67. The number of hydrogen-bond donors (Lipinski definition) is 1. The molecule has 0 saturated heterocycles. The van der Waals surface area contributed by atoms with Crippen LogP contribution in [0.2, 0.25) is 0 Å². The second kappa shape index (κ2) is 69.3. The molecule has 0 spiro atoms. The molecule has 528 valence electrons. The van der Waals surface area contributed by atoms with E-state index in [1.807, 2.05) is 33.3 Å². The van der Waals surface area contributed by atoms with Crippen LogP contribution in [-0.4, -0.2) is 69.4 Å². The van der Waals surface area contributed by atoms with Crippen LogP contribution >= 0.6 is 7.82 Å². The molecule has 0 aliphatic heterocycles. The van der Waals surface area contributed by atoms with E-state index in [9.17, 15) is 19.0 Å². The third-order valence-corrected chi connectivity index (χ3v) is 19.3. The van der Waals surface area contributed by atoms with Crippen LogP contribution in [0.15, 0.2) is 24.3 Å². The molecule has 9 nitrogen and oxygen atoms in total. The molecule has 0 aromatic heterocycles. The summed E-state index contributed by atoms with van der Waals surface area (Å²) in [6, 6.07) is -0.884. The molecule has 0 rings (SSSR count). The van der Waals surface area contributed by atoms with Crippen molar-refractivity contribution in [1.82, 2.24) is 5.32 Å². The van der Waals surface area contributed by atoms with Gasteiger partial charge < -0.3 is 28.5 Å². The minimum absolute atomic E-state index is 0.0175. The van der Waals surface area contributed by atoms with E-state index in [2.05, 4.69) is 38.2 Å². The third kappa shape index (κ3) is 70.6. The second-order valence-corrected chi connectivity index (χ2v) is 30.0. The molecule has 89 heavy (non-hydrogen) atoms. The van der Waals surface area contributed by atoms with Crippen molar-refractivity contribution in [3.8, 4) is 0 Å². The zero-order chi connectivity index (χ0) is 64.9. The number of quaternary nitrogens is 1. The van der Waals surface area contributed by atoms with Gasteiger partial charge in [-0.15, -0.1) is 0 Å². The number of rotatable bonds is 74. The van der Waals surface area contributed by atoms with Crippen LogP contribution < -0.4 is 10.2 Å². The number of unbranched alkanes of at least 4 members (excludes halogenated alkanes) is 56. The molecule has 1 N–H and O–H groups in total. The Balaban J connectivity index is 4.94. The zero-order valence-electron chi connectivity index (χ0n) is 60.7. The first-order valence-electron chi connectivity index (χ1n) is 39.6. The van der Waals surface area contributed by atoms with Crippen molar-refractivity contribution in [2.45, 2.75) is 431 Å². The van der Waals surface area contributed by atoms with Crippen molar-refractivity contribution in [3.05, 3.63) is 24.3 Å². The number of nitrogens with one attached hydrogen (secondary N) is 1. The number of nitrogens with zero attached hydrogens (tertiary/aromatic N) is 1. The van der Waals surface area contributed by atoms with Gasteiger partial charge in [0.1, 0.15) is 19.3 Å². The summed E-state index contributed by atoms with van der Waals surface area (Å²) < 4.78 is 30.6. The summed E-state index contributed by atoms with van der Waals surface area (Å²) in [4.78, 5) is 40.3. The highest BCUT2D eigenvalue weighted by Crippen LogP contribution is 2.38. The number of carbonyl (C=O) groups excluding carboxylic acids is 2. The largest absolute Gasteiger partial charge is 0.756 e. The van der Waals surface area contributed by atoms with Gasteiger partial charge in [-0.25, -0.2) is 0 Å². The van der Waals surface area contributed by atoms with E-state index >= 15 is 0 Å². The molecule has 0 heterocycles. The summed E-state index contributed by atoms with van der Waals surface area (Å²) in [6.45, 7) is 6.93. The van der Waals surface area contributed by atoms with Gasteiger partial charge in [0, 0.05) is 12.8 Å². The van der Waals surface area contributed by atoms with E-state index in [0.717, 1.165) is 57.8 Å². The van der Waals surface area contributed by atoms with Gasteiger partial charge in [0.15, 0.2) is 0 Å². The molecule has 0 aromatic carbocycles. The van der Waals surface area contributed by atoms with E-state index < -0.39 is 20.0 Å². The van der Waals surface area contributed by atoms with Gasteiger partial charge >= 0.3 is 5.97 Å². The zero-order valence-corrected chi connectivity index (χ0v) is 61.6. The summed E-state index contributed by atoms with van der Waals surface area (Å²) in [7, 11) is 1.21. The van der Waals surface area contributed by atoms with Crippen molar-refractivity contribution in [2.75, 3.05) is 40.9 Å². The van der Waals surface area contributed by atoms with Crippen LogP contribution in [0.3, 0.4) is 0 Å². The fourth-order valence-electron chi connectivity index (χ4n) is 12.3. The monoisotopic (exact) mass is 1280 g/mol. The molecule has 0 fully saturated rings. The molecule has 0 aliphatic rings. The van der Waals surface area contributed by atoms with E-state index in [1.54, 1.807) is 0 Å². The van der Waals surface area contributed by atoms with Gasteiger partial charge in [-0.2, -0.15) is 0 Å². The van der Waals surface area contributed by atoms with Crippen molar-refractivity contribution in [3.63, 3.8) is 0 Å². The Labute approximate surface area is 555 Å². The van der Waals surface area contributed by atoms with Crippen molar-refractivity contribution >= 4 is 19.7 Å². The lowest BCUT2D eigenvalue weighted by Gasteiger charge is -2.30. The smallest absolute Gasteiger partial charge is 0.306 e. The molecule has 0 aromatic rings. The maximum atomic E-state index is 13.6. The van der Waals surface area contributed by atoms with Crippen molar-refractivity contribution in [1.29, 1.82) is 0 Å². The highest BCUT2D eigenvalue weighted by molar-refractivity contribution is 7.45. The topological polar surface area (TPSA) is 114 Å². The summed E-state index contributed by atoms with van der Waals surface area (Å²) >= 11 is 0. The molecule has 3 unspecified atom stereocenters. The molecule has 3 atom stereocenters. The molecule has 0 radical (unpaired) electrons. The van der Waals surface area contributed by atoms with Crippen molar-refractivity contribution in [2.24, 2.45) is 0 Å². The van der Waals surface area contributed by atoms with Crippen LogP contribution in [0, 0.1) is 0 Å². The van der Waals surface area contributed by atoms with E-state index in [-0.39, 0.29) is 31.5 Å². The predicted molar refractivity (Wildman–Crippen MR) is 386 cm³/mol. The molecule has 1 amide bonds. The van der Waals surface area contributed by atoms with Crippen LogP contribution in [0.25, 0.3) is 0 Å². The molecular formula is C79H155N2O7P. The number of hydrogen-bond acceptors (Lipinski definition) is 7. The Morgan fingerprint density at radius 3 is 0.955 bits per heavy atom. The maximum Gasteiger partial charge on any atom is 0.306 e. The Kier molecular flexibility index (Phi) is 68.1. The number of ether oxygens (including phenoxy) is 1. The number of amides is 1. The van der Waals surface area contributed by atoms with Gasteiger partial charge in [-0.3, -0.25) is 14.2 Å². The molecular weight excluding hydrogens is 1120 g/mol. The van der Waals surface area contributed by atoms with Gasteiger partial charge in [-0.1, -0.05) is 373 Å².